The zero-order chi connectivity index (χ0) is 19.1. The molecule has 3 nitrogen and oxygen atoms in total. The van der Waals surface area contributed by atoms with E-state index in [1.165, 1.54) is 33.9 Å². The summed E-state index contributed by atoms with van der Waals surface area (Å²) in [5.74, 6) is -0.436. The van der Waals surface area contributed by atoms with E-state index in [4.69, 9.17) is 11.6 Å². The van der Waals surface area contributed by atoms with Gasteiger partial charge in [-0.15, -0.1) is 11.3 Å². The van der Waals surface area contributed by atoms with Gasteiger partial charge in [0.1, 0.15) is 10.6 Å². The Labute approximate surface area is 164 Å². The second kappa shape index (κ2) is 6.91. The molecule has 0 fully saturated rings. The summed E-state index contributed by atoms with van der Waals surface area (Å²) in [7, 11) is 0. The SMILES string of the molecule is Cc1ccc(-c2csc3ncn(Cc4c(F)cccc4Cl)c(=O)c23)cc1C. The molecule has 0 unspecified atom stereocenters. The normalized spacial score (nSPS) is 11.3. The molecule has 2 heterocycles. The maximum Gasteiger partial charge on any atom is 0.263 e. The van der Waals surface area contributed by atoms with Crippen molar-refractivity contribution >= 4 is 33.2 Å². The topological polar surface area (TPSA) is 34.9 Å². The van der Waals surface area contributed by atoms with Crippen molar-refractivity contribution in [1.29, 1.82) is 0 Å². The zero-order valence-electron chi connectivity index (χ0n) is 14.8. The van der Waals surface area contributed by atoms with Gasteiger partial charge in [0.05, 0.1) is 18.3 Å². The molecule has 0 saturated heterocycles. The molecule has 2 aromatic carbocycles. The molecule has 0 atom stereocenters. The van der Waals surface area contributed by atoms with Crippen molar-refractivity contribution in [2.45, 2.75) is 20.4 Å². The van der Waals surface area contributed by atoms with Crippen molar-refractivity contribution in [3.05, 3.63) is 86.0 Å². The van der Waals surface area contributed by atoms with Gasteiger partial charge in [-0.1, -0.05) is 35.9 Å². The smallest absolute Gasteiger partial charge is 0.263 e. The molecule has 27 heavy (non-hydrogen) atoms. The van der Waals surface area contributed by atoms with Crippen LogP contribution < -0.4 is 5.56 Å². The Balaban J connectivity index is 1.87. The van der Waals surface area contributed by atoms with Crippen LogP contribution in [0.15, 0.2) is 52.9 Å². The van der Waals surface area contributed by atoms with Crippen LogP contribution in [0.1, 0.15) is 16.7 Å². The zero-order valence-corrected chi connectivity index (χ0v) is 16.4. The second-order valence-corrected chi connectivity index (χ2v) is 7.77. The predicted molar refractivity (Wildman–Crippen MR) is 109 cm³/mol. The van der Waals surface area contributed by atoms with Gasteiger partial charge in [-0.3, -0.25) is 9.36 Å². The number of thiophene rings is 1. The molecule has 0 saturated carbocycles. The molecule has 0 aliphatic heterocycles. The minimum absolute atomic E-state index is 0.0372. The van der Waals surface area contributed by atoms with Crippen LogP contribution in [-0.4, -0.2) is 9.55 Å². The average Bonchev–Trinajstić information content (AvgIpc) is 3.07. The molecular weight excluding hydrogens is 383 g/mol. The molecule has 0 radical (unpaired) electrons. The van der Waals surface area contributed by atoms with Gasteiger partial charge >= 0.3 is 0 Å². The standard InChI is InChI=1S/C21H16ClFN2OS/c1-12-6-7-14(8-13(12)2)16-10-27-20-19(16)21(26)25(11-24-20)9-15-17(22)4-3-5-18(15)23/h3-8,10-11H,9H2,1-2H3. The third-order valence-corrected chi connectivity index (χ3v) is 6.01. The van der Waals surface area contributed by atoms with Crippen molar-refractivity contribution in [2.24, 2.45) is 0 Å². The number of fused-ring (bicyclic) bond motifs is 1. The lowest BCUT2D eigenvalue weighted by molar-refractivity contribution is 0.595. The van der Waals surface area contributed by atoms with Gasteiger partial charge in [-0.2, -0.15) is 0 Å². The van der Waals surface area contributed by atoms with E-state index < -0.39 is 5.82 Å². The third-order valence-electron chi connectivity index (χ3n) is 4.77. The Morgan fingerprint density at radius 1 is 1.19 bits per heavy atom. The highest BCUT2D eigenvalue weighted by Gasteiger charge is 2.15. The van der Waals surface area contributed by atoms with E-state index in [9.17, 15) is 9.18 Å². The molecule has 136 valence electrons. The van der Waals surface area contributed by atoms with Crippen LogP contribution in [0.25, 0.3) is 21.3 Å². The van der Waals surface area contributed by atoms with Gasteiger partial charge in [0.25, 0.3) is 5.56 Å². The molecule has 0 bridgehead atoms. The molecular formula is C21H16ClFN2OS. The lowest BCUT2D eigenvalue weighted by Crippen LogP contribution is -2.21. The van der Waals surface area contributed by atoms with E-state index in [0.717, 1.165) is 16.7 Å². The number of aromatic nitrogens is 2. The fourth-order valence-corrected chi connectivity index (χ4v) is 4.18. The number of nitrogens with zero attached hydrogens (tertiary/aromatic N) is 2. The molecule has 0 aliphatic rings. The van der Waals surface area contributed by atoms with Gasteiger partial charge in [-0.05, 0) is 42.7 Å². The van der Waals surface area contributed by atoms with Crippen molar-refractivity contribution < 1.29 is 4.39 Å². The highest BCUT2D eigenvalue weighted by atomic mass is 35.5. The van der Waals surface area contributed by atoms with E-state index in [1.54, 1.807) is 12.1 Å². The van der Waals surface area contributed by atoms with Crippen molar-refractivity contribution in [3.8, 4) is 11.1 Å². The van der Waals surface area contributed by atoms with Crippen molar-refractivity contribution in [2.75, 3.05) is 0 Å². The number of hydrogen-bond donors (Lipinski definition) is 0. The molecule has 0 aliphatic carbocycles. The first-order chi connectivity index (χ1) is 13.0. The summed E-state index contributed by atoms with van der Waals surface area (Å²) in [5.41, 5.74) is 4.27. The fourth-order valence-electron chi connectivity index (χ4n) is 3.06. The maximum atomic E-state index is 14.1. The highest BCUT2D eigenvalue weighted by molar-refractivity contribution is 7.17. The monoisotopic (exact) mass is 398 g/mol. The first-order valence-electron chi connectivity index (χ1n) is 8.43. The lowest BCUT2D eigenvalue weighted by atomic mass is 10.0. The summed E-state index contributed by atoms with van der Waals surface area (Å²) in [6, 6.07) is 10.6. The van der Waals surface area contributed by atoms with E-state index in [1.807, 2.05) is 24.4 Å². The first-order valence-corrected chi connectivity index (χ1v) is 9.68. The molecule has 0 spiro atoms. The molecule has 0 N–H and O–H groups in total. The Kier molecular flexibility index (Phi) is 4.58. The van der Waals surface area contributed by atoms with E-state index in [0.29, 0.717) is 15.2 Å². The van der Waals surface area contributed by atoms with Crippen LogP contribution in [-0.2, 0) is 6.54 Å². The Bertz CT molecular complexity index is 1210. The number of hydrogen-bond acceptors (Lipinski definition) is 3. The van der Waals surface area contributed by atoms with Crippen LogP contribution in [0.4, 0.5) is 4.39 Å². The molecule has 4 rings (SSSR count). The van der Waals surface area contributed by atoms with Gasteiger partial charge in [0.15, 0.2) is 0 Å². The van der Waals surface area contributed by atoms with Crippen molar-refractivity contribution in [1.82, 2.24) is 9.55 Å². The minimum atomic E-state index is -0.436. The number of rotatable bonds is 3. The predicted octanol–water partition coefficient (Wildman–Crippen LogP) is 5.58. The quantitative estimate of drug-likeness (QED) is 0.451. The molecule has 6 heteroatoms. The molecule has 0 amide bonds. The van der Waals surface area contributed by atoms with Crippen LogP contribution >= 0.6 is 22.9 Å². The van der Waals surface area contributed by atoms with E-state index in [2.05, 4.69) is 18.0 Å². The van der Waals surface area contributed by atoms with Gasteiger partial charge < -0.3 is 0 Å². The number of halogens is 2. The van der Waals surface area contributed by atoms with Crippen LogP contribution in [0.5, 0.6) is 0 Å². The van der Waals surface area contributed by atoms with Gasteiger partial charge in [0, 0.05) is 21.5 Å². The molecule has 2 aromatic heterocycles. The second-order valence-electron chi connectivity index (χ2n) is 6.51. The Hall–Kier alpha value is -2.50. The van der Waals surface area contributed by atoms with Gasteiger partial charge in [-0.25, -0.2) is 9.37 Å². The first kappa shape index (κ1) is 17.9. The largest absolute Gasteiger partial charge is 0.294 e. The Morgan fingerprint density at radius 2 is 2.00 bits per heavy atom. The Morgan fingerprint density at radius 3 is 2.74 bits per heavy atom. The average molecular weight is 399 g/mol. The summed E-state index contributed by atoms with van der Waals surface area (Å²) in [6.45, 7) is 4.14. The van der Waals surface area contributed by atoms with E-state index in [-0.39, 0.29) is 17.7 Å². The third kappa shape index (κ3) is 3.17. The summed E-state index contributed by atoms with van der Waals surface area (Å²) in [5, 5.41) is 2.80. The van der Waals surface area contributed by atoms with Crippen molar-refractivity contribution in [3.63, 3.8) is 0 Å². The number of benzene rings is 2. The maximum absolute atomic E-state index is 14.1. The van der Waals surface area contributed by atoms with Gasteiger partial charge in [0.2, 0.25) is 0 Å². The molecule has 4 aromatic rings. The fraction of sp³-hybridized carbons (Fsp3) is 0.143. The number of aryl methyl sites for hydroxylation is 2. The lowest BCUT2D eigenvalue weighted by Gasteiger charge is -2.09. The van der Waals surface area contributed by atoms with Crippen LogP contribution in [0.2, 0.25) is 5.02 Å². The minimum Gasteiger partial charge on any atom is -0.294 e. The highest BCUT2D eigenvalue weighted by Crippen LogP contribution is 2.31. The summed E-state index contributed by atoms with van der Waals surface area (Å²) >= 11 is 7.54. The van der Waals surface area contributed by atoms with Crippen LogP contribution in [0, 0.1) is 19.7 Å². The summed E-state index contributed by atoms with van der Waals surface area (Å²) in [6.07, 6.45) is 1.45. The van der Waals surface area contributed by atoms with Crippen LogP contribution in [0.3, 0.4) is 0 Å². The summed E-state index contributed by atoms with van der Waals surface area (Å²) < 4.78 is 15.5. The van der Waals surface area contributed by atoms with E-state index >= 15 is 0 Å². The summed E-state index contributed by atoms with van der Waals surface area (Å²) in [4.78, 5) is 18.2.